The van der Waals surface area contributed by atoms with Gasteiger partial charge < -0.3 is 15.5 Å². The molecule has 0 spiro atoms. The lowest BCUT2D eigenvalue weighted by molar-refractivity contribution is 0.0802. The zero-order chi connectivity index (χ0) is 21.7. The van der Waals surface area contributed by atoms with E-state index >= 15 is 0 Å². The van der Waals surface area contributed by atoms with Crippen LogP contribution < -0.4 is 5.32 Å². The fourth-order valence-corrected chi connectivity index (χ4v) is 3.94. The lowest BCUT2D eigenvalue weighted by Crippen LogP contribution is -2.22. The summed E-state index contributed by atoms with van der Waals surface area (Å²) in [7, 11) is 0.641. The molecule has 0 unspecified atom stereocenters. The molecular formula is C21H27ClN6OSi. The van der Waals surface area contributed by atoms with Crippen LogP contribution in [0.3, 0.4) is 0 Å². The minimum atomic E-state index is -1.17. The second kappa shape index (κ2) is 9.50. The number of hydrogen-bond acceptors (Lipinski definition) is 6. The van der Waals surface area contributed by atoms with Crippen molar-refractivity contribution in [1.82, 2.24) is 25.1 Å². The zero-order valence-corrected chi connectivity index (χ0v) is 19.5. The fourth-order valence-electron chi connectivity index (χ4n) is 3.03. The van der Waals surface area contributed by atoms with Crippen LogP contribution in [-0.4, -0.2) is 47.7 Å². The van der Waals surface area contributed by atoms with Crippen molar-refractivity contribution in [3.63, 3.8) is 0 Å². The summed E-state index contributed by atoms with van der Waals surface area (Å²) in [6.45, 7) is 8.01. The number of hydrogen-bond donors (Lipinski definition) is 2. The average molecular weight is 443 g/mol. The molecule has 2 heterocycles. The van der Waals surface area contributed by atoms with E-state index in [-0.39, 0.29) is 0 Å². The molecule has 2 N–H and O–H groups in total. The molecule has 158 valence electrons. The van der Waals surface area contributed by atoms with Gasteiger partial charge in [0.15, 0.2) is 0 Å². The Hall–Kier alpha value is -2.55. The van der Waals surface area contributed by atoms with E-state index < -0.39 is 8.07 Å². The third-order valence-corrected chi connectivity index (χ3v) is 6.52. The molecular weight excluding hydrogens is 416 g/mol. The molecule has 30 heavy (non-hydrogen) atoms. The maximum absolute atomic E-state index is 7.71. The van der Waals surface area contributed by atoms with E-state index in [1.807, 2.05) is 29.9 Å². The lowest BCUT2D eigenvalue weighted by Gasteiger charge is -2.15. The van der Waals surface area contributed by atoms with Crippen LogP contribution in [0.4, 0.5) is 0 Å². The molecule has 0 aliphatic carbocycles. The van der Waals surface area contributed by atoms with Crippen molar-refractivity contribution in [3.8, 4) is 11.4 Å². The predicted molar refractivity (Wildman–Crippen MR) is 126 cm³/mol. The first-order valence-electron chi connectivity index (χ1n) is 9.77. The number of aromatic nitrogens is 4. The summed E-state index contributed by atoms with van der Waals surface area (Å²) in [5.41, 5.74) is 4.00. The molecule has 0 amide bonds. The third-order valence-electron chi connectivity index (χ3n) is 4.61. The van der Waals surface area contributed by atoms with Gasteiger partial charge in [0.05, 0.1) is 16.9 Å². The first-order valence-corrected chi connectivity index (χ1v) is 13.9. The molecule has 0 saturated heterocycles. The summed E-state index contributed by atoms with van der Waals surface area (Å²) >= 11 is 6.13. The molecule has 9 heteroatoms. The molecule has 2 aromatic heterocycles. The standard InChI is InChI=1S/C21H27ClN6OSi/c1-24-12-16(11-23)15-5-6-18-17(9-15)21(19-10-20(22)26-13-25-19)28(27-18)14-29-7-8-30(2,3)4/h5-6,9-13,23-24H,7-8,14H2,1-4H3/b16-12+,23-11?. The molecule has 3 rings (SSSR count). The van der Waals surface area contributed by atoms with E-state index in [0.29, 0.717) is 24.2 Å². The van der Waals surface area contributed by atoms with Gasteiger partial charge in [-0.25, -0.2) is 14.6 Å². The Kier molecular flexibility index (Phi) is 7.01. The second-order valence-electron chi connectivity index (χ2n) is 8.19. The van der Waals surface area contributed by atoms with Crippen LogP contribution in [0, 0.1) is 5.41 Å². The van der Waals surface area contributed by atoms with E-state index in [0.717, 1.165) is 33.8 Å². The number of rotatable bonds is 9. The van der Waals surface area contributed by atoms with Gasteiger partial charge >= 0.3 is 0 Å². The van der Waals surface area contributed by atoms with Crippen LogP contribution in [0.5, 0.6) is 0 Å². The highest BCUT2D eigenvalue weighted by Gasteiger charge is 2.17. The third kappa shape index (κ3) is 5.32. The highest BCUT2D eigenvalue weighted by molar-refractivity contribution is 6.76. The summed E-state index contributed by atoms with van der Waals surface area (Å²) in [5.74, 6) is 0. The van der Waals surface area contributed by atoms with E-state index in [1.54, 1.807) is 12.3 Å². The Labute approximate surface area is 182 Å². The van der Waals surface area contributed by atoms with Crippen LogP contribution in [-0.2, 0) is 11.5 Å². The summed E-state index contributed by atoms with van der Waals surface area (Å²) in [6, 6.07) is 8.73. The van der Waals surface area contributed by atoms with Gasteiger partial charge in [0.1, 0.15) is 18.2 Å². The zero-order valence-electron chi connectivity index (χ0n) is 17.7. The second-order valence-corrected chi connectivity index (χ2v) is 14.2. The number of allylic oxidation sites excluding steroid dienone is 1. The molecule has 0 fully saturated rings. The molecule has 0 radical (unpaired) electrons. The average Bonchev–Trinajstić information content (AvgIpc) is 3.06. The largest absolute Gasteiger partial charge is 0.393 e. The van der Waals surface area contributed by atoms with Crippen LogP contribution in [0.15, 0.2) is 36.8 Å². The van der Waals surface area contributed by atoms with Crippen molar-refractivity contribution in [2.45, 2.75) is 32.4 Å². The van der Waals surface area contributed by atoms with E-state index in [1.165, 1.54) is 12.5 Å². The van der Waals surface area contributed by atoms with Crippen LogP contribution in [0.25, 0.3) is 27.9 Å². The summed E-state index contributed by atoms with van der Waals surface area (Å²) in [5, 5.41) is 16.7. The maximum atomic E-state index is 7.71. The molecule has 0 aliphatic rings. The van der Waals surface area contributed by atoms with Crippen molar-refractivity contribution in [2.75, 3.05) is 13.7 Å². The van der Waals surface area contributed by atoms with E-state index in [9.17, 15) is 0 Å². The minimum absolute atomic E-state index is 0.329. The Balaban J connectivity index is 2.05. The van der Waals surface area contributed by atoms with Gasteiger partial charge in [-0.05, 0) is 23.7 Å². The van der Waals surface area contributed by atoms with Gasteiger partial charge in [0.2, 0.25) is 0 Å². The highest BCUT2D eigenvalue weighted by Crippen LogP contribution is 2.30. The topological polar surface area (TPSA) is 88.7 Å². The fraction of sp³-hybridized carbons (Fsp3) is 0.333. The first kappa shape index (κ1) is 22.1. The Morgan fingerprint density at radius 1 is 1.27 bits per heavy atom. The molecule has 0 atom stereocenters. The normalized spacial score (nSPS) is 12.4. The Morgan fingerprint density at radius 3 is 2.73 bits per heavy atom. The summed E-state index contributed by atoms with van der Waals surface area (Å²) in [4.78, 5) is 8.41. The summed E-state index contributed by atoms with van der Waals surface area (Å²) < 4.78 is 7.78. The first-order chi connectivity index (χ1) is 14.3. The predicted octanol–water partition coefficient (Wildman–Crippen LogP) is 4.67. The number of nitrogens with zero attached hydrogens (tertiary/aromatic N) is 4. The van der Waals surface area contributed by atoms with Crippen molar-refractivity contribution in [2.24, 2.45) is 0 Å². The van der Waals surface area contributed by atoms with Crippen molar-refractivity contribution in [1.29, 1.82) is 5.41 Å². The highest BCUT2D eigenvalue weighted by atomic mass is 35.5. The molecule has 0 saturated carbocycles. The minimum Gasteiger partial charge on any atom is -0.393 e. The Morgan fingerprint density at radius 2 is 2.07 bits per heavy atom. The smallest absolute Gasteiger partial charge is 0.140 e. The van der Waals surface area contributed by atoms with Gasteiger partial charge in [-0.3, -0.25) is 0 Å². The molecule has 1 aromatic carbocycles. The molecule has 0 bridgehead atoms. The molecule has 7 nitrogen and oxygen atoms in total. The monoisotopic (exact) mass is 442 g/mol. The van der Waals surface area contributed by atoms with Crippen LogP contribution >= 0.6 is 11.6 Å². The van der Waals surface area contributed by atoms with Gasteiger partial charge in [-0.2, -0.15) is 5.10 Å². The maximum Gasteiger partial charge on any atom is 0.140 e. The van der Waals surface area contributed by atoms with Gasteiger partial charge in [-0.15, -0.1) is 0 Å². The quantitative estimate of drug-likeness (QED) is 0.217. The number of nitrogens with one attached hydrogen (secondary N) is 2. The molecule has 3 aromatic rings. The van der Waals surface area contributed by atoms with Crippen molar-refractivity contribution in [3.05, 3.63) is 47.5 Å². The van der Waals surface area contributed by atoms with Gasteiger partial charge in [0, 0.05) is 51.2 Å². The number of fused-ring (bicyclic) bond motifs is 1. The number of benzene rings is 1. The number of ether oxygens (including phenoxy) is 1. The van der Waals surface area contributed by atoms with Gasteiger partial charge in [-0.1, -0.05) is 37.3 Å². The SMILES string of the molecule is CN/C=C(\C=N)c1ccc2nn(COCC[Si](C)(C)C)c(-c3cc(Cl)ncn3)c2c1. The number of halogens is 1. The summed E-state index contributed by atoms with van der Waals surface area (Å²) in [6.07, 6.45) is 4.56. The van der Waals surface area contributed by atoms with E-state index in [4.69, 9.17) is 26.8 Å². The van der Waals surface area contributed by atoms with Crippen LogP contribution in [0.2, 0.25) is 30.8 Å². The van der Waals surface area contributed by atoms with Crippen LogP contribution in [0.1, 0.15) is 5.56 Å². The Bertz CT molecular complexity index is 1070. The van der Waals surface area contributed by atoms with Gasteiger partial charge in [0.25, 0.3) is 0 Å². The van der Waals surface area contributed by atoms with Crippen molar-refractivity contribution < 1.29 is 4.74 Å². The van der Waals surface area contributed by atoms with Crippen molar-refractivity contribution >= 4 is 42.4 Å². The molecule has 0 aliphatic heterocycles. The lowest BCUT2D eigenvalue weighted by atomic mass is 10.0. The van der Waals surface area contributed by atoms with E-state index in [2.05, 4.69) is 34.9 Å².